The standard InChI is InChI=1S/C9H16N4O3S.C9H16N4.C8H14N4O.CH3I.7CH4.HI/c1-10-9-11-5-4-8(12-9)13(2)6-7-16-17(3,14)15;1-4-7-13(3)8-5-6-11-9(10-2)12-8;1-9-8-10-4-3-7(11-8)12(2)5-6-13;1-2;;;;;;;;/h4-5H,6-7H2,1-3H3,(H,10,11,12);5-6H,4,7H2,1-3H3,(H,10,11,12);3-4,13H,5-6H2,1-2H3,(H,9,10,11);1H3;7*1H4;1H/i/hD. The van der Waals surface area contributed by atoms with Crippen molar-refractivity contribution in [3.63, 3.8) is 0 Å². The van der Waals surface area contributed by atoms with Gasteiger partial charge >= 0.3 is 0 Å². The van der Waals surface area contributed by atoms with E-state index in [9.17, 15) is 8.42 Å². The van der Waals surface area contributed by atoms with Gasteiger partial charge in [-0.1, -0.05) is 81.5 Å². The summed E-state index contributed by atoms with van der Waals surface area (Å²) in [6.45, 7) is 4.37. The Labute approximate surface area is 356 Å². The number of nitrogens with zero attached hydrogens (tertiary/aromatic N) is 9. The largest absolute Gasteiger partial charge is 0.395 e. The zero-order valence-electron chi connectivity index (χ0n) is 29.1. The molecule has 3 rings (SSSR count). The van der Waals surface area contributed by atoms with Crippen LogP contribution in [0.15, 0.2) is 36.8 Å². The molecule has 0 spiro atoms. The Morgan fingerprint density at radius 2 is 1.00 bits per heavy atom. The maximum atomic E-state index is 10.8. The predicted octanol–water partition coefficient (Wildman–Crippen LogP) is 7.36. The molecule has 3 heterocycles. The van der Waals surface area contributed by atoms with Crippen LogP contribution in [-0.4, -0.2) is 130 Å². The molecule has 0 radical (unpaired) electrons. The van der Waals surface area contributed by atoms with Gasteiger partial charge < -0.3 is 35.8 Å². The Kier molecular flexibility index (Phi) is 54.3. The van der Waals surface area contributed by atoms with E-state index in [0.717, 1.165) is 30.9 Å². The molecule has 0 aliphatic heterocycles. The second kappa shape index (κ2) is 42.1. The highest BCUT2D eigenvalue weighted by Crippen LogP contribution is 2.11. The number of nitrogens with one attached hydrogen (secondary N) is 3. The highest BCUT2D eigenvalue weighted by molar-refractivity contribution is 14.1. The van der Waals surface area contributed by atoms with Gasteiger partial charge in [-0.25, -0.2) is 15.0 Å². The van der Waals surface area contributed by atoms with Crippen LogP contribution in [0.3, 0.4) is 0 Å². The Morgan fingerprint density at radius 3 is 1.26 bits per heavy atom. The minimum absolute atomic E-state index is 0. The zero-order chi connectivity index (χ0) is 36.3. The molecule has 3 aromatic heterocycles. The van der Waals surface area contributed by atoms with Crippen LogP contribution in [-0.2, 0) is 14.3 Å². The first-order valence-electron chi connectivity index (χ1n) is 14.3. The van der Waals surface area contributed by atoms with Crippen molar-refractivity contribution in [1.29, 1.82) is 0.594 Å². The van der Waals surface area contributed by atoms with Crippen molar-refractivity contribution in [3.8, 4) is 0 Å². The molecule has 0 aliphatic rings. The van der Waals surface area contributed by atoms with Gasteiger partial charge in [0.1, 0.15) is 18.0 Å². The van der Waals surface area contributed by atoms with E-state index in [1.807, 2.05) is 37.0 Å². The van der Waals surface area contributed by atoms with Crippen molar-refractivity contribution in [1.82, 2.24) is 29.9 Å². The number of likely N-dealkylation sites (N-methyl/N-ethyl adjacent to an activating group) is 2. The third kappa shape index (κ3) is 32.5. The van der Waals surface area contributed by atoms with Gasteiger partial charge in [-0.2, -0.15) is 23.4 Å². The maximum Gasteiger partial charge on any atom is 0.264 e. The second-order valence-corrected chi connectivity index (χ2v) is 10.6. The van der Waals surface area contributed by atoms with E-state index in [0.29, 0.717) is 36.8 Å². The Hall–Kier alpha value is -2.63. The second-order valence-electron chi connectivity index (χ2n) is 8.98. The van der Waals surface area contributed by atoms with Crippen molar-refractivity contribution in [3.05, 3.63) is 36.8 Å². The van der Waals surface area contributed by atoms with Gasteiger partial charge in [-0.15, -0.1) is 23.8 Å². The summed E-state index contributed by atoms with van der Waals surface area (Å²) in [7, 11) is 7.63. The predicted molar refractivity (Wildman–Crippen MR) is 255 cm³/mol. The number of hydrogen-bond donors (Lipinski definition) is 4. The average molecular weight is 1010 g/mol. The quantitative estimate of drug-likeness (QED) is 0.0712. The summed E-state index contributed by atoms with van der Waals surface area (Å²) in [6, 6.07) is 5.45. The number of halogens is 2. The lowest BCUT2D eigenvalue weighted by Crippen LogP contribution is -2.24. The average Bonchev–Trinajstić information content (AvgIpc) is 3.10. The van der Waals surface area contributed by atoms with Crippen LogP contribution in [0.25, 0.3) is 0 Å². The number of rotatable bonds is 14. The maximum absolute atomic E-state index is 10.8. The molecule has 0 aromatic carbocycles. The van der Waals surface area contributed by atoms with E-state index < -0.39 is 10.1 Å². The molecular weight excluding hydrogens is 926 g/mol. The lowest BCUT2D eigenvalue weighted by Gasteiger charge is -2.17. The summed E-state index contributed by atoms with van der Waals surface area (Å²) in [5.41, 5.74) is 0. The van der Waals surface area contributed by atoms with Gasteiger partial charge in [0.2, 0.25) is 17.8 Å². The molecule has 3 aromatic rings. The van der Waals surface area contributed by atoms with E-state index >= 15 is 0 Å². The van der Waals surface area contributed by atoms with Gasteiger partial charge in [-0.3, -0.25) is 4.18 Å². The Balaban J connectivity index is -0.0000000728. The van der Waals surface area contributed by atoms with Crippen molar-refractivity contribution in [2.24, 2.45) is 0 Å². The Bertz CT molecular complexity index is 1270. The fourth-order valence-corrected chi connectivity index (χ4v) is 3.58. The highest BCUT2D eigenvalue weighted by atomic mass is 127. The molecule has 0 unspecified atom stereocenters. The lowest BCUT2D eigenvalue weighted by atomic mass is 10.4. The summed E-state index contributed by atoms with van der Waals surface area (Å²) in [5.74, 6) is 4.22. The van der Waals surface area contributed by atoms with Gasteiger partial charge in [0.15, 0.2) is 0 Å². The number of hydrogen-bond acceptors (Lipinski definition) is 16. The zero-order valence-corrected chi connectivity index (χ0v) is 33.2. The number of aliphatic hydroxyl groups excluding tert-OH is 1. The first-order chi connectivity index (χ1) is 22.5. The monoisotopic (exact) mass is 1010 g/mol. The third-order valence-electron chi connectivity index (χ3n) is 5.49. The minimum Gasteiger partial charge on any atom is -0.395 e. The number of alkyl halides is 1. The smallest absolute Gasteiger partial charge is 0.264 e. The first kappa shape index (κ1) is 68.4. The van der Waals surface area contributed by atoms with E-state index in [1.54, 1.807) is 56.8 Å². The van der Waals surface area contributed by atoms with Crippen LogP contribution in [0.1, 0.15) is 65.3 Å². The van der Waals surface area contributed by atoms with Crippen molar-refractivity contribution < 1.29 is 17.7 Å². The summed E-state index contributed by atoms with van der Waals surface area (Å²) in [5, 5.41) is 17.3. The topological polar surface area (TPSA) is 187 Å². The van der Waals surface area contributed by atoms with Gasteiger partial charge in [-0.05, 0) is 29.6 Å². The Morgan fingerprint density at radius 1 is 0.698 bits per heavy atom. The van der Waals surface area contributed by atoms with Crippen LogP contribution < -0.4 is 30.7 Å². The summed E-state index contributed by atoms with van der Waals surface area (Å²) < 4.78 is 31.9. The molecule has 0 saturated carbocycles. The fourth-order valence-electron chi connectivity index (χ4n) is 3.20. The number of aliphatic hydroxyl groups is 1. The van der Waals surface area contributed by atoms with Crippen molar-refractivity contribution in [2.45, 2.75) is 65.3 Å². The van der Waals surface area contributed by atoms with E-state index in [-0.39, 0.29) is 65.2 Å². The highest BCUT2D eigenvalue weighted by Gasteiger charge is 2.07. The van der Waals surface area contributed by atoms with Crippen LogP contribution in [0, 0.1) is 0 Å². The molecule has 53 heavy (non-hydrogen) atoms. The molecular formula is C34H78I2N12O4S. The molecule has 0 amide bonds. The summed E-state index contributed by atoms with van der Waals surface area (Å²) >= 11 is 3.55. The normalized spacial score (nSPS) is 8.64. The molecule has 0 saturated heterocycles. The third-order valence-corrected chi connectivity index (χ3v) is 6.08. The fraction of sp³-hybridized carbons (Fsp3) is 0.647. The van der Waals surface area contributed by atoms with E-state index in [4.69, 9.17) is 5.70 Å². The number of anilines is 6. The van der Waals surface area contributed by atoms with Crippen molar-refractivity contribution >= 4 is 91.8 Å². The molecule has 19 heteroatoms. The molecule has 4 N–H and O–H groups in total. The van der Waals surface area contributed by atoms with Crippen LogP contribution >= 0.6 is 46.4 Å². The molecule has 0 fully saturated rings. The molecule has 16 nitrogen and oxygen atoms in total. The van der Waals surface area contributed by atoms with Crippen molar-refractivity contribution in [2.75, 3.05) is 117 Å². The summed E-state index contributed by atoms with van der Waals surface area (Å²) in [4.78, 5) is 32.5. The van der Waals surface area contributed by atoms with Crippen LogP contribution in [0.5, 0.6) is 0 Å². The number of aromatic nitrogens is 6. The van der Waals surface area contributed by atoms with Gasteiger partial charge in [0.25, 0.3) is 10.1 Å². The van der Waals surface area contributed by atoms with Crippen LogP contribution in [0.2, 0.25) is 0 Å². The van der Waals surface area contributed by atoms with Crippen LogP contribution in [0.4, 0.5) is 35.3 Å². The lowest BCUT2D eigenvalue weighted by molar-refractivity contribution is 0.304. The summed E-state index contributed by atoms with van der Waals surface area (Å²) in [6.07, 6.45) is 7.22. The van der Waals surface area contributed by atoms with Gasteiger partial charge in [0, 0.05) is 80.5 Å². The van der Waals surface area contributed by atoms with E-state index in [1.165, 1.54) is 23.8 Å². The molecule has 0 atom stereocenters. The molecule has 0 aliphatic carbocycles. The van der Waals surface area contributed by atoms with Gasteiger partial charge in [0.05, 0.1) is 19.5 Å². The molecule has 318 valence electrons. The SMILES string of the molecule is C.C.C.C.C.C.C.CCCN(C)c1ccnc(NC)n1.CI.CNc1nccc(N(C)CCO)n1.CNc1nccc(N(C)CCOS(C)(=O)=O)n1.[2H]I. The first-order valence-corrected chi connectivity index (χ1v) is 17.9. The van der Waals surface area contributed by atoms with E-state index in [2.05, 4.69) is 84.5 Å². The minimum atomic E-state index is -3.39. The molecule has 0 bridgehead atoms.